The topological polar surface area (TPSA) is 67.9 Å². The Bertz CT molecular complexity index is 599. The van der Waals surface area contributed by atoms with Crippen LogP contribution < -0.4 is 19.7 Å². The molecule has 0 aromatic heterocycles. The van der Waals surface area contributed by atoms with Gasteiger partial charge >= 0.3 is 0 Å². The van der Waals surface area contributed by atoms with Crippen molar-refractivity contribution in [1.82, 2.24) is 5.32 Å². The van der Waals surface area contributed by atoms with E-state index in [9.17, 15) is 9.59 Å². The third-order valence-electron chi connectivity index (χ3n) is 4.51. The average Bonchev–Trinajstić information content (AvgIpc) is 3.00. The molecule has 1 fully saturated rings. The van der Waals surface area contributed by atoms with E-state index in [2.05, 4.69) is 5.32 Å². The second-order valence-electron chi connectivity index (χ2n) is 5.97. The number of nitrogens with zero attached hydrogens (tertiary/aromatic N) is 1. The number of amides is 2. The second kappa shape index (κ2) is 8.04. The summed E-state index contributed by atoms with van der Waals surface area (Å²) in [5.74, 6) is 0.772. The molecule has 1 atom stereocenters. The molecule has 2 rings (SSSR count). The molecule has 6 heteroatoms. The minimum absolute atomic E-state index is 0.0490. The van der Waals surface area contributed by atoms with Crippen molar-refractivity contribution in [2.45, 2.75) is 39.2 Å². The van der Waals surface area contributed by atoms with Gasteiger partial charge in [-0.05, 0) is 25.0 Å². The highest BCUT2D eigenvalue weighted by Gasteiger charge is 2.36. The van der Waals surface area contributed by atoms with Crippen molar-refractivity contribution in [2.75, 3.05) is 25.7 Å². The minimum atomic E-state index is -0.329. The Hall–Kier alpha value is -2.24. The summed E-state index contributed by atoms with van der Waals surface area (Å²) in [5, 5.41) is 3.03. The Morgan fingerprint density at radius 2 is 2.00 bits per heavy atom. The molecule has 1 aliphatic heterocycles. The van der Waals surface area contributed by atoms with Crippen molar-refractivity contribution >= 4 is 17.5 Å². The molecule has 1 aliphatic rings. The van der Waals surface area contributed by atoms with Crippen LogP contribution in [-0.4, -0.2) is 38.6 Å². The zero-order chi connectivity index (χ0) is 17.7. The van der Waals surface area contributed by atoms with Crippen LogP contribution in [0.25, 0.3) is 0 Å². The number of carbonyl (C=O) groups excluding carboxylic acids is 2. The van der Waals surface area contributed by atoms with Crippen molar-refractivity contribution in [3.05, 3.63) is 18.2 Å². The molecule has 0 spiro atoms. The first-order chi connectivity index (χ1) is 11.5. The fraction of sp³-hybridized carbons (Fsp3) is 0.556. The number of rotatable bonds is 7. The van der Waals surface area contributed by atoms with Gasteiger partial charge in [0.1, 0.15) is 11.5 Å². The molecule has 0 bridgehead atoms. The Morgan fingerprint density at radius 1 is 1.29 bits per heavy atom. The van der Waals surface area contributed by atoms with Gasteiger partial charge in [0.2, 0.25) is 11.8 Å². The summed E-state index contributed by atoms with van der Waals surface area (Å²) in [4.78, 5) is 26.4. The molecular formula is C18H26N2O4. The van der Waals surface area contributed by atoms with Gasteiger partial charge in [0.05, 0.1) is 25.8 Å². The van der Waals surface area contributed by atoms with Crippen LogP contribution in [0, 0.1) is 5.92 Å². The van der Waals surface area contributed by atoms with Crippen LogP contribution in [0.1, 0.15) is 33.1 Å². The normalized spacial score (nSPS) is 17.3. The van der Waals surface area contributed by atoms with Crippen LogP contribution in [-0.2, 0) is 9.59 Å². The molecule has 1 aromatic rings. The molecular weight excluding hydrogens is 308 g/mol. The first-order valence-corrected chi connectivity index (χ1v) is 8.36. The maximum atomic E-state index is 12.4. The van der Waals surface area contributed by atoms with Gasteiger partial charge in [-0.3, -0.25) is 9.59 Å². The smallest absolute Gasteiger partial charge is 0.227 e. The Kier molecular flexibility index (Phi) is 6.06. The number of hydrogen-bond donors (Lipinski definition) is 1. The van der Waals surface area contributed by atoms with Gasteiger partial charge in [-0.2, -0.15) is 0 Å². The number of ether oxygens (including phenoxy) is 2. The van der Waals surface area contributed by atoms with E-state index in [4.69, 9.17) is 9.47 Å². The summed E-state index contributed by atoms with van der Waals surface area (Å²) < 4.78 is 10.6. The molecule has 24 heavy (non-hydrogen) atoms. The summed E-state index contributed by atoms with van der Waals surface area (Å²) in [6, 6.07) is 5.47. The average molecular weight is 334 g/mol. The number of methoxy groups -OCH3 is 2. The van der Waals surface area contributed by atoms with E-state index in [1.165, 1.54) is 0 Å². The maximum Gasteiger partial charge on any atom is 0.227 e. The van der Waals surface area contributed by atoms with Crippen LogP contribution >= 0.6 is 0 Å². The molecule has 0 saturated carbocycles. The van der Waals surface area contributed by atoms with E-state index in [0.717, 1.165) is 12.8 Å². The molecule has 6 nitrogen and oxygen atoms in total. The molecule has 132 valence electrons. The summed E-state index contributed by atoms with van der Waals surface area (Å²) in [6.07, 6.45) is 2.00. The Morgan fingerprint density at radius 3 is 2.58 bits per heavy atom. The second-order valence-corrected chi connectivity index (χ2v) is 5.97. The lowest BCUT2D eigenvalue weighted by Crippen LogP contribution is -2.39. The van der Waals surface area contributed by atoms with Crippen molar-refractivity contribution in [2.24, 2.45) is 5.92 Å². The van der Waals surface area contributed by atoms with Crippen LogP contribution in [0.5, 0.6) is 11.5 Å². The molecule has 0 radical (unpaired) electrons. The zero-order valence-electron chi connectivity index (χ0n) is 14.8. The summed E-state index contributed by atoms with van der Waals surface area (Å²) in [7, 11) is 3.13. The van der Waals surface area contributed by atoms with Crippen molar-refractivity contribution in [3.8, 4) is 11.5 Å². The van der Waals surface area contributed by atoms with Gasteiger partial charge in [-0.15, -0.1) is 0 Å². The Labute approximate surface area is 143 Å². The van der Waals surface area contributed by atoms with Gasteiger partial charge < -0.3 is 19.7 Å². The number of carbonyl (C=O) groups is 2. The van der Waals surface area contributed by atoms with Gasteiger partial charge in [-0.1, -0.05) is 13.8 Å². The maximum absolute atomic E-state index is 12.4. The molecule has 1 N–H and O–H groups in total. The van der Waals surface area contributed by atoms with E-state index < -0.39 is 0 Å². The first kappa shape index (κ1) is 18.1. The predicted octanol–water partition coefficient (Wildman–Crippen LogP) is 2.36. The van der Waals surface area contributed by atoms with Gasteiger partial charge in [-0.25, -0.2) is 0 Å². The quantitative estimate of drug-likeness (QED) is 0.831. The summed E-state index contributed by atoms with van der Waals surface area (Å²) in [6.45, 7) is 4.46. The fourth-order valence-corrected chi connectivity index (χ4v) is 2.94. The van der Waals surface area contributed by atoms with Gasteiger partial charge in [0.25, 0.3) is 0 Å². The van der Waals surface area contributed by atoms with Gasteiger partial charge in [0.15, 0.2) is 0 Å². The van der Waals surface area contributed by atoms with Crippen LogP contribution in [0.2, 0.25) is 0 Å². The third-order valence-corrected chi connectivity index (χ3v) is 4.51. The molecule has 1 saturated heterocycles. The lowest BCUT2D eigenvalue weighted by Gasteiger charge is -2.21. The lowest BCUT2D eigenvalue weighted by molar-refractivity contribution is -0.127. The largest absolute Gasteiger partial charge is 0.497 e. The van der Waals surface area contributed by atoms with Crippen molar-refractivity contribution < 1.29 is 19.1 Å². The Balaban J connectivity index is 2.14. The van der Waals surface area contributed by atoms with Crippen molar-refractivity contribution in [3.63, 3.8) is 0 Å². The van der Waals surface area contributed by atoms with E-state index >= 15 is 0 Å². The minimum Gasteiger partial charge on any atom is -0.497 e. The first-order valence-electron chi connectivity index (χ1n) is 8.36. The SMILES string of the molecule is CCC(CC)NC(=O)[C@@H]1CC(=O)N(c2ccc(OC)cc2OC)C1. The molecule has 0 unspecified atom stereocenters. The highest BCUT2D eigenvalue weighted by molar-refractivity contribution is 6.01. The lowest BCUT2D eigenvalue weighted by atomic mass is 10.1. The van der Waals surface area contributed by atoms with Gasteiger partial charge in [0, 0.05) is 25.1 Å². The standard InChI is InChI=1S/C18H26N2O4/c1-5-13(6-2)19-18(22)12-9-17(21)20(11-12)15-8-7-14(23-3)10-16(15)24-4/h7-8,10,12-13H,5-6,9,11H2,1-4H3,(H,19,22)/t12-/m1/s1. The molecule has 2 amide bonds. The predicted molar refractivity (Wildman–Crippen MR) is 92.5 cm³/mol. The van der Waals surface area contributed by atoms with E-state index in [0.29, 0.717) is 23.7 Å². The highest BCUT2D eigenvalue weighted by atomic mass is 16.5. The van der Waals surface area contributed by atoms with E-state index in [1.807, 2.05) is 13.8 Å². The molecule has 1 aromatic carbocycles. The zero-order valence-corrected chi connectivity index (χ0v) is 14.8. The summed E-state index contributed by atoms with van der Waals surface area (Å²) >= 11 is 0. The van der Waals surface area contributed by atoms with E-state index in [-0.39, 0.29) is 30.2 Å². The highest BCUT2D eigenvalue weighted by Crippen LogP contribution is 2.35. The third kappa shape index (κ3) is 3.80. The number of nitrogens with one attached hydrogen (secondary N) is 1. The van der Waals surface area contributed by atoms with Crippen LogP contribution in [0.4, 0.5) is 5.69 Å². The van der Waals surface area contributed by atoms with Crippen LogP contribution in [0.15, 0.2) is 18.2 Å². The number of anilines is 1. The fourth-order valence-electron chi connectivity index (χ4n) is 2.94. The molecule has 0 aliphatic carbocycles. The monoisotopic (exact) mass is 334 g/mol. The number of hydrogen-bond acceptors (Lipinski definition) is 4. The van der Waals surface area contributed by atoms with Crippen molar-refractivity contribution in [1.29, 1.82) is 0 Å². The van der Waals surface area contributed by atoms with Crippen LogP contribution in [0.3, 0.4) is 0 Å². The summed E-state index contributed by atoms with van der Waals surface area (Å²) in [5.41, 5.74) is 0.668. The van der Waals surface area contributed by atoms with E-state index in [1.54, 1.807) is 37.3 Å². The number of benzene rings is 1. The molecule has 1 heterocycles.